The Morgan fingerprint density at radius 2 is 1.88 bits per heavy atom. The Bertz CT molecular complexity index is 930. The van der Waals surface area contributed by atoms with Gasteiger partial charge in [-0.1, -0.05) is 41.9 Å². The van der Waals surface area contributed by atoms with E-state index in [1.54, 1.807) is 6.20 Å². The van der Waals surface area contributed by atoms with Gasteiger partial charge in [0.15, 0.2) is 0 Å². The quantitative estimate of drug-likeness (QED) is 0.780. The zero-order valence-electron chi connectivity index (χ0n) is 13.5. The maximum Gasteiger partial charge on any atom is 0.225 e. The number of benzene rings is 2. The summed E-state index contributed by atoms with van der Waals surface area (Å²) in [5, 5.41) is 4.01. The van der Waals surface area contributed by atoms with E-state index in [9.17, 15) is 4.79 Å². The van der Waals surface area contributed by atoms with E-state index in [0.29, 0.717) is 30.4 Å². The number of carbonyl (C=O) groups excluding carboxylic acids is 1. The van der Waals surface area contributed by atoms with Crippen molar-refractivity contribution in [1.82, 2.24) is 14.9 Å². The average molecular weight is 353 g/mol. The number of carbonyl (C=O) groups is 1. The zero-order chi connectivity index (χ0) is 17.2. The number of nitrogens with zero attached hydrogens (tertiary/aromatic N) is 3. The van der Waals surface area contributed by atoms with Gasteiger partial charge in [0.25, 0.3) is 0 Å². The lowest BCUT2D eigenvalue weighted by molar-refractivity contribution is -0.128. The van der Waals surface area contributed by atoms with Gasteiger partial charge in [0.1, 0.15) is 5.82 Å². The summed E-state index contributed by atoms with van der Waals surface area (Å²) in [5.74, 6) is 0.808. The summed E-state index contributed by atoms with van der Waals surface area (Å²) in [6.07, 6.45) is 2.16. The monoisotopic (exact) mass is 352 g/mol. The van der Waals surface area contributed by atoms with Gasteiger partial charge in [-0.15, -0.1) is 0 Å². The summed E-state index contributed by atoms with van der Waals surface area (Å²) < 4.78 is 0. The molecule has 2 aromatic carbocycles. The van der Waals surface area contributed by atoms with Crippen LogP contribution in [0.25, 0.3) is 11.0 Å². The van der Waals surface area contributed by atoms with Gasteiger partial charge in [-0.2, -0.15) is 0 Å². The van der Waals surface area contributed by atoms with Gasteiger partial charge in [-0.05, 0) is 23.8 Å². The molecule has 1 atom stereocenters. The van der Waals surface area contributed by atoms with Crippen LogP contribution in [0.2, 0.25) is 5.02 Å². The standard InChI is InChI=1S/C19H17ClN4O/c20-15-6-2-1-5-13(15)11-24-12-14(9-19(24)25)22-18-10-21-16-7-3-4-8-17(16)23-18/h1-8,10,14H,9,11-12H2,(H,22,23). The summed E-state index contributed by atoms with van der Waals surface area (Å²) in [4.78, 5) is 23.1. The van der Waals surface area contributed by atoms with Crippen molar-refractivity contribution in [2.45, 2.75) is 19.0 Å². The molecule has 6 heteroatoms. The largest absolute Gasteiger partial charge is 0.364 e. The lowest BCUT2D eigenvalue weighted by atomic mass is 10.2. The van der Waals surface area contributed by atoms with E-state index in [2.05, 4.69) is 15.3 Å². The molecule has 0 bridgehead atoms. The van der Waals surface area contributed by atoms with Gasteiger partial charge in [0.05, 0.1) is 23.3 Å². The molecule has 1 aliphatic rings. The van der Waals surface area contributed by atoms with Crippen molar-refractivity contribution >= 4 is 34.4 Å². The average Bonchev–Trinajstić information content (AvgIpc) is 2.96. The summed E-state index contributed by atoms with van der Waals surface area (Å²) in [6.45, 7) is 1.15. The van der Waals surface area contributed by atoms with Crippen molar-refractivity contribution in [3.8, 4) is 0 Å². The Morgan fingerprint density at radius 3 is 2.72 bits per heavy atom. The first-order valence-corrected chi connectivity index (χ1v) is 8.56. The number of likely N-dealkylation sites (tertiary alicyclic amines) is 1. The molecular formula is C19H17ClN4O. The van der Waals surface area contributed by atoms with Gasteiger partial charge in [0, 0.05) is 24.5 Å². The molecule has 2 heterocycles. The van der Waals surface area contributed by atoms with Crippen molar-refractivity contribution in [3.05, 3.63) is 65.3 Å². The highest BCUT2D eigenvalue weighted by molar-refractivity contribution is 6.31. The Kier molecular flexibility index (Phi) is 4.24. The molecule has 1 unspecified atom stereocenters. The molecule has 0 spiro atoms. The molecule has 1 saturated heterocycles. The molecule has 5 nitrogen and oxygen atoms in total. The highest BCUT2D eigenvalue weighted by atomic mass is 35.5. The number of hydrogen-bond donors (Lipinski definition) is 1. The fourth-order valence-corrected chi connectivity index (χ4v) is 3.29. The predicted octanol–water partition coefficient (Wildman–Crippen LogP) is 3.50. The van der Waals surface area contributed by atoms with Crippen LogP contribution >= 0.6 is 11.6 Å². The number of fused-ring (bicyclic) bond motifs is 1. The third kappa shape index (κ3) is 3.42. The zero-order valence-corrected chi connectivity index (χ0v) is 14.3. The second-order valence-corrected chi connectivity index (χ2v) is 6.56. The van der Waals surface area contributed by atoms with Crippen LogP contribution in [0.15, 0.2) is 54.7 Å². The number of nitrogens with one attached hydrogen (secondary N) is 1. The third-order valence-electron chi connectivity index (χ3n) is 4.33. The Hall–Kier alpha value is -2.66. The van der Waals surface area contributed by atoms with Crippen LogP contribution in [-0.2, 0) is 11.3 Å². The minimum absolute atomic E-state index is 0.0189. The Labute approximate surface area is 150 Å². The summed E-state index contributed by atoms with van der Waals surface area (Å²) in [5.41, 5.74) is 2.66. The van der Waals surface area contributed by atoms with Crippen LogP contribution < -0.4 is 5.32 Å². The maximum absolute atomic E-state index is 12.3. The molecule has 4 rings (SSSR count). The second kappa shape index (κ2) is 6.69. The number of anilines is 1. The summed E-state index contributed by atoms with van der Waals surface area (Å²) >= 11 is 6.20. The fourth-order valence-electron chi connectivity index (χ4n) is 3.09. The van der Waals surface area contributed by atoms with Crippen molar-refractivity contribution in [1.29, 1.82) is 0 Å². The van der Waals surface area contributed by atoms with Gasteiger partial charge >= 0.3 is 0 Å². The number of amides is 1. The lowest BCUT2D eigenvalue weighted by Crippen LogP contribution is -2.27. The predicted molar refractivity (Wildman–Crippen MR) is 98.4 cm³/mol. The molecule has 1 amide bonds. The SMILES string of the molecule is O=C1CC(Nc2cnc3ccccc3n2)CN1Cc1ccccc1Cl. The van der Waals surface area contributed by atoms with Gasteiger partial charge < -0.3 is 10.2 Å². The first kappa shape index (κ1) is 15.8. The molecule has 0 aliphatic carbocycles. The van der Waals surface area contributed by atoms with E-state index >= 15 is 0 Å². The number of halogens is 1. The van der Waals surface area contributed by atoms with Crippen molar-refractivity contribution < 1.29 is 4.79 Å². The van der Waals surface area contributed by atoms with E-state index in [-0.39, 0.29) is 11.9 Å². The maximum atomic E-state index is 12.3. The summed E-state index contributed by atoms with van der Waals surface area (Å²) in [6, 6.07) is 15.4. The minimum atomic E-state index is 0.0189. The van der Waals surface area contributed by atoms with E-state index in [1.165, 1.54) is 0 Å². The van der Waals surface area contributed by atoms with Crippen LogP contribution in [-0.4, -0.2) is 33.4 Å². The van der Waals surface area contributed by atoms with Gasteiger partial charge in [-0.3, -0.25) is 9.78 Å². The molecule has 1 aromatic heterocycles. The molecule has 1 N–H and O–H groups in total. The number of rotatable bonds is 4. The minimum Gasteiger partial charge on any atom is -0.364 e. The van der Waals surface area contributed by atoms with E-state index in [0.717, 1.165) is 16.6 Å². The van der Waals surface area contributed by atoms with Crippen LogP contribution in [0.3, 0.4) is 0 Å². The second-order valence-electron chi connectivity index (χ2n) is 6.16. The van der Waals surface area contributed by atoms with Crippen molar-refractivity contribution in [3.63, 3.8) is 0 Å². The molecule has 0 radical (unpaired) electrons. The van der Waals surface area contributed by atoms with E-state index < -0.39 is 0 Å². The molecule has 126 valence electrons. The van der Waals surface area contributed by atoms with Crippen LogP contribution in [0.4, 0.5) is 5.82 Å². The van der Waals surface area contributed by atoms with E-state index in [4.69, 9.17) is 11.6 Å². The molecule has 1 fully saturated rings. The molecule has 0 saturated carbocycles. The fraction of sp³-hybridized carbons (Fsp3) is 0.211. The smallest absolute Gasteiger partial charge is 0.225 e. The molecule has 3 aromatic rings. The van der Waals surface area contributed by atoms with Crippen LogP contribution in [0.1, 0.15) is 12.0 Å². The van der Waals surface area contributed by atoms with E-state index in [1.807, 2.05) is 53.4 Å². The topological polar surface area (TPSA) is 58.1 Å². The first-order chi connectivity index (χ1) is 12.2. The summed E-state index contributed by atoms with van der Waals surface area (Å²) in [7, 11) is 0. The van der Waals surface area contributed by atoms with Gasteiger partial charge in [0.2, 0.25) is 5.91 Å². The molecule has 25 heavy (non-hydrogen) atoms. The Balaban J connectivity index is 1.45. The number of aromatic nitrogens is 2. The normalized spacial score (nSPS) is 17.2. The van der Waals surface area contributed by atoms with Gasteiger partial charge in [-0.25, -0.2) is 4.98 Å². The van der Waals surface area contributed by atoms with Crippen molar-refractivity contribution in [2.24, 2.45) is 0 Å². The van der Waals surface area contributed by atoms with Crippen LogP contribution in [0, 0.1) is 0 Å². The molecule has 1 aliphatic heterocycles. The number of hydrogen-bond acceptors (Lipinski definition) is 4. The highest BCUT2D eigenvalue weighted by Gasteiger charge is 2.30. The third-order valence-corrected chi connectivity index (χ3v) is 4.70. The molecular weight excluding hydrogens is 336 g/mol. The lowest BCUT2D eigenvalue weighted by Gasteiger charge is -2.18. The highest BCUT2D eigenvalue weighted by Crippen LogP contribution is 2.22. The van der Waals surface area contributed by atoms with Crippen LogP contribution in [0.5, 0.6) is 0 Å². The first-order valence-electron chi connectivity index (χ1n) is 8.18. The number of para-hydroxylation sites is 2. The Morgan fingerprint density at radius 1 is 1.12 bits per heavy atom. The van der Waals surface area contributed by atoms with Crippen molar-refractivity contribution in [2.75, 3.05) is 11.9 Å².